The molecule has 152 valence electrons. The minimum atomic E-state index is -2.25. The highest BCUT2D eigenvalue weighted by Gasteiger charge is 2.28. The number of para-hydroxylation sites is 2. The number of rotatable bonds is 1. The van der Waals surface area contributed by atoms with Crippen molar-refractivity contribution in [2.45, 2.75) is 34.0 Å². The number of benzene rings is 3. The Hall–Kier alpha value is -3.46. The van der Waals surface area contributed by atoms with Crippen molar-refractivity contribution in [1.29, 1.82) is 0 Å². The van der Waals surface area contributed by atoms with Crippen molar-refractivity contribution in [3.63, 3.8) is 0 Å². The molecule has 3 heterocycles. The number of hydrogen-bond acceptors (Lipinski definition) is 1. The van der Waals surface area contributed by atoms with E-state index >= 15 is 0 Å². The molecule has 3 nitrogen and oxygen atoms in total. The maximum absolute atomic E-state index is 8.49. The molecule has 0 radical (unpaired) electrons. The van der Waals surface area contributed by atoms with Crippen LogP contribution >= 0.6 is 0 Å². The van der Waals surface area contributed by atoms with Crippen LogP contribution < -0.4 is 4.57 Å². The Morgan fingerprint density at radius 3 is 2.65 bits per heavy atom. The van der Waals surface area contributed by atoms with Gasteiger partial charge in [-0.2, -0.15) is 4.57 Å². The molecule has 0 fully saturated rings. The van der Waals surface area contributed by atoms with Crippen molar-refractivity contribution in [1.82, 2.24) is 9.55 Å². The number of pyridine rings is 1. The number of aryl methyl sites for hydroxylation is 3. The second kappa shape index (κ2) is 6.27. The van der Waals surface area contributed by atoms with Crippen LogP contribution in [0.25, 0.3) is 38.9 Å². The molecule has 3 aromatic carbocycles. The summed E-state index contributed by atoms with van der Waals surface area (Å²) in [5.74, 6) is 0.896. The summed E-state index contributed by atoms with van der Waals surface area (Å²) in [5.41, 5.74) is 10.4. The van der Waals surface area contributed by atoms with Crippen LogP contribution in [0.5, 0.6) is 0 Å². The molecule has 0 amide bonds. The zero-order valence-electron chi connectivity index (χ0n) is 21.2. The van der Waals surface area contributed by atoms with E-state index in [-0.39, 0.29) is 0 Å². The summed E-state index contributed by atoms with van der Waals surface area (Å²) in [6.45, 7) is 3.96. The van der Waals surface area contributed by atoms with Crippen molar-refractivity contribution >= 4 is 21.9 Å². The molecule has 0 atom stereocenters. The van der Waals surface area contributed by atoms with E-state index in [4.69, 9.17) is 9.10 Å². The highest BCUT2D eigenvalue weighted by Crippen LogP contribution is 2.39. The SMILES string of the molecule is [2H]C([2H])([2H])c1c(C)c(-c2cc(C)c3c(C)cccc3[n+]2C)cc2c1-n1c(nc3ccccc31)C2. The predicted octanol–water partition coefficient (Wildman–Crippen LogP) is 5.81. The molecule has 0 saturated carbocycles. The van der Waals surface area contributed by atoms with E-state index in [1.54, 1.807) is 0 Å². The van der Waals surface area contributed by atoms with Crippen molar-refractivity contribution in [3.8, 4) is 16.9 Å². The first-order valence-corrected chi connectivity index (χ1v) is 10.7. The largest absolute Gasteiger partial charge is 0.295 e. The molecule has 0 N–H and O–H groups in total. The fourth-order valence-electron chi connectivity index (χ4n) is 5.30. The number of nitrogens with zero attached hydrogens (tertiary/aromatic N) is 3. The molecule has 0 aliphatic carbocycles. The fraction of sp³-hybridized carbons (Fsp3) is 0.214. The standard InChI is InChI=1S/C28H26N3/c1-16-9-8-12-24-27(16)17(2)13-25(30(24)5)21-14-20-15-26-29-22-10-6-7-11-23(22)31(26)28(20)19(4)18(21)3/h6-14H,15H2,1-5H3/q+1/i4D3. The molecule has 0 spiro atoms. The second-order valence-corrected chi connectivity index (χ2v) is 8.70. The average Bonchev–Trinajstić information content (AvgIpc) is 3.30. The van der Waals surface area contributed by atoms with E-state index < -0.39 is 6.85 Å². The lowest BCUT2D eigenvalue weighted by Crippen LogP contribution is -2.33. The van der Waals surface area contributed by atoms with Crippen LogP contribution in [0.3, 0.4) is 0 Å². The summed E-state index contributed by atoms with van der Waals surface area (Å²) in [4.78, 5) is 4.82. The third-order valence-corrected chi connectivity index (χ3v) is 6.84. The normalized spacial score (nSPS) is 14.4. The van der Waals surface area contributed by atoms with Gasteiger partial charge in [0, 0.05) is 28.2 Å². The van der Waals surface area contributed by atoms with E-state index in [1.807, 2.05) is 31.2 Å². The van der Waals surface area contributed by atoms with E-state index in [0.29, 0.717) is 12.0 Å². The number of hydrogen-bond donors (Lipinski definition) is 0. The Morgan fingerprint density at radius 1 is 0.968 bits per heavy atom. The third-order valence-electron chi connectivity index (χ3n) is 6.84. The van der Waals surface area contributed by atoms with Gasteiger partial charge in [0.2, 0.25) is 11.2 Å². The summed E-state index contributed by atoms with van der Waals surface area (Å²) in [6.07, 6.45) is 0.621. The van der Waals surface area contributed by atoms with Gasteiger partial charge in [-0.15, -0.1) is 0 Å². The molecule has 5 aromatic rings. The summed E-state index contributed by atoms with van der Waals surface area (Å²) in [5, 5.41) is 1.25. The maximum atomic E-state index is 8.49. The van der Waals surface area contributed by atoms with Gasteiger partial charge in [-0.05, 0) is 73.6 Å². The molecule has 6 rings (SSSR count). The molecule has 1 aliphatic rings. The maximum Gasteiger partial charge on any atom is 0.213 e. The summed E-state index contributed by atoms with van der Waals surface area (Å²) >= 11 is 0. The van der Waals surface area contributed by atoms with E-state index in [2.05, 4.69) is 60.4 Å². The van der Waals surface area contributed by atoms with Crippen LogP contribution in [0.4, 0.5) is 0 Å². The molecule has 0 saturated heterocycles. The van der Waals surface area contributed by atoms with Gasteiger partial charge in [-0.3, -0.25) is 4.57 Å². The van der Waals surface area contributed by atoms with Crippen molar-refractivity contribution < 1.29 is 8.68 Å². The number of fused-ring (bicyclic) bond motifs is 6. The quantitative estimate of drug-likeness (QED) is 0.315. The molecule has 2 aromatic heterocycles. The molecule has 0 bridgehead atoms. The van der Waals surface area contributed by atoms with Gasteiger partial charge in [0.25, 0.3) is 0 Å². The topological polar surface area (TPSA) is 21.7 Å². The van der Waals surface area contributed by atoms with E-state index in [0.717, 1.165) is 50.4 Å². The average molecular weight is 408 g/mol. The zero-order chi connectivity index (χ0) is 23.9. The van der Waals surface area contributed by atoms with Crippen LogP contribution in [-0.2, 0) is 13.5 Å². The van der Waals surface area contributed by atoms with Crippen LogP contribution in [0.2, 0.25) is 0 Å². The summed E-state index contributed by atoms with van der Waals surface area (Å²) in [6, 6.07) is 18.7. The van der Waals surface area contributed by atoms with Crippen molar-refractivity contribution in [2.75, 3.05) is 0 Å². The highest BCUT2D eigenvalue weighted by atomic mass is 15.1. The summed E-state index contributed by atoms with van der Waals surface area (Å²) in [7, 11) is 2.07. The van der Waals surface area contributed by atoms with Gasteiger partial charge in [-0.1, -0.05) is 24.3 Å². The van der Waals surface area contributed by atoms with Gasteiger partial charge in [0.05, 0.1) is 22.1 Å². The van der Waals surface area contributed by atoms with Crippen LogP contribution in [0.1, 0.15) is 37.8 Å². The Bertz CT molecular complexity index is 1660. The van der Waals surface area contributed by atoms with Gasteiger partial charge >= 0.3 is 0 Å². The van der Waals surface area contributed by atoms with Gasteiger partial charge < -0.3 is 0 Å². The molecule has 3 heteroatoms. The Labute approximate surface area is 186 Å². The predicted molar refractivity (Wildman–Crippen MR) is 127 cm³/mol. The van der Waals surface area contributed by atoms with Crippen LogP contribution in [0.15, 0.2) is 54.6 Å². The minimum Gasteiger partial charge on any atom is -0.295 e. The fourth-order valence-corrected chi connectivity index (χ4v) is 5.30. The van der Waals surface area contributed by atoms with Crippen LogP contribution in [0, 0.1) is 27.6 Å². The highest BCUT2D eigenvalue weighted by molar-refractivity contribution is 5.86. The lowest BCUT2D eigenvalue weighted by Gasteiger charge is -2.16. The van der Waals surface area contributed by atoms with E-state index in [1.165, 1.54) is 16.5 Å². The molecule has 1 aliphatic heterocycles. The lowest BCUT2D eigenvalue weighted by atomic mass is 9.93. The first-order valence-electron chi connectivity index (χ1n) is 12.2. The number of aromatic nitrogens is 3. The minimum absolute atomic E-state index is 0.420. The van der Waals surface area contributed by atoms with Gasteiger partial charge in [-0.25, -0.2) is 4.98 Å². The summed E-state index contributed by atoms with van der Waals surface area (Å²) < 4.78 is 29.7. The monoisotopic (exact) mass is 407 g/mol. The van der Waals surface area contributed by atoms with Crippen molar-refractivity contribution in [3.05, 3.63) is 88.2 Å². The van der Waals surface area contributed by atoms with Crippen molar-refractivity contribution in [2.24, 2.45) is 7.05 Å². The third kappa shape index (κ3) is 2.40. The lowest BCUT2D eigenvalue weighted by molar-refractivity contribution is -0.633. The van der Waals surface area contributed by atoms with E-state index in [9.17, 15) is 0 Å². The molecular formula is C28H26N3+. The van der Waals surface area contributed by atoms with Crippen LogP contribution in [-0.4, -0.2) is 9.55 Å². The first-order chi connectivity index (χ1) is 16.2. The Kier molecular flexibility index (Phi) is 3.11. The van der Waals surface area contributed by atoms with Gasteiger partial charge in [0.1, 0.15) is 12.9 Å². The molecule has 31 heavy (non-hydrogen) atoms. The Morgan fingerprint density at radius 2 is 1.81 bits per heavy atom. The van der Waals surface area contributed by atoms with Gasteiger partial charge in [0.15, 0.2) is 0 Å². The Balaban J connectivity index is 1.69. The smallest absolute Gasteiger partial charge is 0.213 e. The molecular weight excluding hydrogens is 378 g/mol. The second-order valence-electron chi connectivity index (χ2n) is 8.70. The molecule has 0 unspecified atom stereocenters. The number of imidazole rings is 1. The first kappa shape index (κ1) is 15.4. The zero-order valence-corrected chi connectivity index (χ0v) is 18.2.